The first kappa shape index (κ1) is 41.1. The van der Waals surface area contributed by atoms with E-state index in [4.69, 9.17) is 24.4 Å². The van der Waals surface area contributed by atoms with E-state index in [1.807, 2.05) is 17.8 Å². The van der Waals surface area contributed by atoms with Gasteiger partial charge in [0.1, 0.15) is 24.7 Å². The average Bonchev–Trinajstić information content (AvgIpc) is 3.02. The molecule has 1 aromatic carbocycles. The second-order valence-electron chi connectivity index (χ2n) is 9.45. The second-order valence-corrected chi connectivity index (χ2v) is 15.8. The number of ketones is 1. The summed E-state index contributed by atoms with van der Waals surface area (Å²) in [6.45, 7) is 4.93. The minimum Gasteiger partial charge on any atom is -0.492 e. The van der Waals surface area contributed by atoms with Crippen LogP contribution in [0.3, 0.4) is 0 Å². The second kappa shape index (κ2) is 29.4. The Kier molecular flexibility index (Phi) is 28.1. The van der Waals surface area contributed by atoms with Crippen LogP contribution in [0.5, 0.6) is 11.5 Å². The number of Topliss-reactive ketones (excluding diaryl/α,β-unsaturated/α-hetero) is 1. The maximum Gasteiger partial charge on any atom is 0.163 e. The Hall–Kier alpha value is 0.0400. The molecule has 0 radical (unpaired) electrons. The zero-order valence-corrected chi connectivity index (χ0v) is 29.6. The molecule has 0 spiro atoms. The van der Waals surface area contributed by atoms with E-state index in [2.05, 4.69) is 6.92 Å². The minimum atomic E-state index is 0.0524. The van der Waals surface area contributed by atoms with Gasteiger partial charge in [0.25, 0.3) is 0 Å². The van der Waals surface area contributed by atoms with Crippen molar-refractivity contribution >= 4 is 64.6 Å². The number of aliphatic hydroxyl groups is 4. The van der Waals surface area contributed by atoms with Crippen LogP contribution in [0.15, 0.2) is 18.2 Å². The van der Waals surface area contributed by atoms with Gasteiger partial charge in [-0.1, -0.05) is 6.92 Å². The van der Waals surface area contributed by atoms with Gasteiger partial charge in [-0.15, -0.1) is 0 Å². The zero-order valence-electron chi connectivity index (χ0n) is 25.5. The molecular weight excluding hydrogens is 649 g/mol. The average molecular weight is 701 g/mol. The van der Waals surface area contributed by atoms with E-state index in [0.717, 1.165) is 55.5 Å². The van der Waals surface area contributed by atoms with Crippen molar-refractivity contribution in [3.8, 4) is 11.5 Å². The molecule has 0 aromatic heterocycles. The highest BCUT2D eigenvalue weighted by molar-refractivity contribution is 8.03. The van der Waals surface area contributed by atoms with Crippen LogP contribution in [0.2, 0.25) is 0 Å². The van der Waals surface area contributed by atoms with Gasteiger partial charge in [0.05, 0.1) is 26.4 Å². The Morgan fingerprint density at radius 1 is 0.698 bits per heavy atom. The Morgan fingerprint density at radius 3 is 1.74 bits per heavy atom. The van der Waals surface area contributed by atoms with E-state index >= 15 is 0 Å². The number of carbonyl (C=O) groups excluding carboxylic acids is 1. The van der Waals surface area contributed by atoms with Gasteiger partial charge in [-0.05, 0) is 42.9 Å². The highest BCUT2D eigenvalue weighted by Gasteiger charge is 2.16. The number of ether oxygens (including phenoxy) is 3. The first-order valence-electron chi connectivity index (χ1n) is 15.0. The van der Waals surface area contributed by atoms with Gasteiger partial charge in [-0.3, -0.25) is 4.79 Å². The molecule has 0 amide bonds. The molecule has 8 nitrogen and oxygen atoms in total. The topological polar surface area (TPSA) is 126 Å². The van der Waals surface area contributed by atoms with Crippen molar-refractivity contribution in [1.29, 1.82) is 0 Å². The van der Waals surface area contributed by atoms with Crippen LogP contribution in [0.1, 0.15) is 43.0 Å². The number of thioether (sulfide) groups is 5. The third-order valence-corrected chi connectivity index (χ3v) is 11.8. The monoisotopic (exact) mass is 700 g/mol. The third kappa shape index (κ3) is 22.2. The smallest absolute Gasteiger partial charge is 0.163 e. The maximum atomic E-state index is 13.2. The predicted molar refractivity (Wildman–Crippen MR) is 190 cm³/mol. The molecule has 13 heteroatoms. The fourth-order valence-electron chi connectivity index (χ4n) is 3.65. The van der Waals surface area contributed by atoms with Crippen molar-refractivity contribution in [2.45, 2.75) is 43.1 Å². The van der Waals surface area contributed by atoms with Gasteiger partial charge in [0.2, 0.25) is 0 Å². The van der Waals surface area contributed by atoms with Crippen molar-refractivity contribution in [3.63, 3.8) is 0 Å². The van der Waals surface area contributed by atoms with Crippen LogP contribution < -0.4 is 9.47 Å². The summed E-state index contributed by atoms with van der Waals surface area (Å²) in [5.41, 5.74) is 0.564. The summed E-state index contributed by atoms with van der Waals surface area (Å²) >= 11 is 8.40. The molecule has 2 atom stereocenters. The minimum absolute atomic E-state index is 0.0524. The van der Waals surface area contributed by atoms with E-state index in [0.29, 0.717) is 59.7 Å². The molecule has 250 valence electrons. The fourth-order valence-corrected chi connectivity index (χ4v) is 8.39. The van der Waals surface area contributed by atoms with Crippen molar-refractivity contribution in [2.24, 2.45) is 0 Å². The quantitative estimate of drug-likeness (QED) is 0.0638. The number of hydrogen-bond donors (Lipinski definition) is 4. The molecule has 0 heterocycles. The Balaban J connectivity index is 2.87. The molecule has 4 N–H and O–H groups in total. The zero-order chi connectivity index (χ0) is 31.4. The summed E-state index contributed by atoms with van der Waals surface area (Å²) < 4.78 is 17.9. The SMILES string of the molecule is CCCOCCCSCCCC(=O)c1cc(OCC(CSCCO)SCCO)cc(OCC(CSCCO)SCCO)c1. The van der Waals surface area contributed by atoms with Crippen LogP contribution >= 0.6 is 58.8 Å². The van der Waals surface area contributed by atoms with Crippen molar-refractivity contribution in [3.05, 3.63) is 23.8 Å². The molecule has 1 rings (SSSR count). The van der Waals surface area contributed by atoms with Gasteiger partial charge in [-0.2, -0.15) is 58.8 Å². The van der Waals surface area contributed by atoms with Crippen LogP contribution in [0, 0.1) is 0 Å². The fraction of sp³-hybridized carbons (Fsp3) is 0.767. The molecular formula is C30H52O8S5. The molecule has 43 heavy (non-hydrogen) atoms. The van der Waals surface area contributed by atoms with E-state index in [-0.39, 0.29) is 42.7 Å². The highest BCUT2D eigenvalue weighted by atomic mass is 32.2. The highest BCUT2D eigenvalue weighted by Crippen LogP contribution is 2.27. The van der Waals surface area contributed by atoms with Gasteiger partial charge >= 0.3 is 0 Å². The van der Waals surface area contributed by atoms with E-state index in [1.165, 1.54) is 0 Å². The van der Waals surface area contributed by atoms with Crippen LogP contribution in [-0.2, 0) is 4.74 Å². The summed E-state index contributed by atoms with van der Waals surface area (Å²) in [6.07, 6.45) is 3.30. The molecule has 2 unspecified atom stereocenters. The summed E-state index contributed by atoms with van der Waals surface area (Å²) in [4.78, 5) is 13.2. The van der Waals surface area contributed by atoms with E-state index < -0.39 is 0 Å². The number of aliphatic hydroxyl groups excluding tert-OH is 4. The van der Waals surface area contributed by atoms with Crippen molar-refractivity contribution in [2.75, 3.05) is 98.9 Å². The summed E-state index contributed by atoms with van der Waals surface area (Å²) in [7, 11) is 0. The third-order valence-electron chi connectivity index (χ3n) is 5.66. The maximum absolute atomic E-state index is 13.2. The molecule has 1 aromatic rings. The van der Waals surface area contributed by atoms with Gasteiger partial charge in [0, 0.05) is 76.3 Å². The summed E-state index contributed by atoms with van der Waals surface area (Å²) in [6, 6.07) is 5.39. The molecule has 0 saturated carbocycles. The molecule has 0 aliphatic carbocycles. The lowest BCUT2D eigenvalue weighted by Crippen LogP contribution is -2.20. The van der Waals surface area contributed by atoms with E-state index in [9.17, 15) is 15.0 Å². The number of hydrogen-bond acceptors (Lipinski definition) is 13. The van der Waals surface area contributed by atoms with Crippen LogP contribution in [0.4, 0.5) is 0 Å². The Labute approximate surface area is 279 Å². The standard InChI is InChI=1S/C30H52O8S5/c1-2-10-36-11-4-13-39-12-3-5-30(35)25-18-26(37-21-28(42-16-8-33)23-40-14-6-31)20-27(19-25)38-22-29(43-17-9-34)24-41-15-7-32/h18-20,28-29,31-34H,2-17,21-24H2,1H3. The summed E-state index contributed by atoms with van der Waals surface area (Å²) in [5, 5.41) is 37.1. The Morgan fingerprint density at radius 2 is 1.23 bits per heavy atom. The molecule has 0 bridgehead atoms. The number of rotatable bonds is 31. The lowest BCUT2D eigenvalue weighted by molar-refractivity contribution is 0.0981. The van der Waals surface area contributed by atoms with Crippen LogP contribution in [-0.4, -0.2) is 136 Å². The normalized spacial score (nSPS) is 12.8. The molecule has 0 saturated heterocycles. The Bertz CT molecular complexity index is 764. The first-order valence-corrected chi connectivity index (χ1v) is 20.6. The van der Waals surface area contributed by atoms with E-state index in [1.54, 1.807) is 59.2 Å². The molecule has 0 aliphatic heterocycles. The van der Waals surface area contributed by atoms with Crippen molar-refractivity contribution in [1.82, 2.24) is 0 Å². The van der Waals surface area contributed by atoms with Gasteiger partial charge in [0.15, 0.2) is 5.78 Å². The van der Waals surface area contributed by atoms with Gasteiger partial charge < -0.3 is 34.6 Å². The largest absolute Gasteiger partial charge is 0.492 e. The van der Waals surface area contributed by atoms with Crippen molar-refractivity contribution < 1.29 is 39.4 Å². The predicted octanol–water partition coefficient (Wildman–Crippen LogP) is 4.60. The number of carbonyl (C=O) groups is 1. The molecule has 0 fully saturated rings. The van der Waals surface area contributed by atoms with Crippen LogP contribution in [0.25, 0.3) is 0 Å². The lowest BCUT2D eigenvalue weighted by Gasteiger charge is -2.19. The summed E-state index contributed by atoms with van der Waals surface area (Å²) in [5.74, 6) is 7.20. The number of benzene rings is 1. The van der Waals surface area contributed by atoms with Gasteiger partial charge in [-0.25, -0.2) is 0 Å². The first-order chi connectivity index (χ1) is 21.1. The lowest BCUT2D eigenvalue weighted by atomic mass is 10.1. The molecule has 0 aliphatic rings.